The van der Waals surface area contributed by atoms with Crippen LogP contribution in [-0.4, -0.2) is 39.6 Å². The van der Waals surface area contributed by atoms with Crippen LogP contribution in [0.5, 0.6) is 0 Å². The largest absolute Gasteiger partial charge is 0.328 e. The van der Waals surface area contributed by atoms with E-state index in [4.69, 9.17) is 0 Å². The molecule has 4 heteroatoms. The molecule has 3 aliphatic heterocycles. The average Bonchev–Trinajstić information content (AvgIpc) is 3.14. The maximum Gasteiger partial charge on any atom is 0.0951 e. The normalized spacial score (nSPS) is 38.2. The molecule has 110 valence electrons. The highest BCUT2D eigenvalue weighted by molar-refractivity contribution is 5.11. The summed E-state index contributed by atoms with van der Waals surface area (Å²) in [6.07, 6.45) is 12.2. The van der Waals surface area contributed by atoms with Crippen LogP contribution in [0, 0.1) is 0 Å². The number of piperidine rings is 1. The standard InChI is InChI=1S/C16H26N4/c1-12-4-2-5-13(18-12)16-10-17-11-20(16)15-7-9-19-8-3-6-14(15)19/h10-15,18H,2-9H2,1H3. The molecule has 1 aromatic heterocycles. The van der Waals surface area contributed by atoms with Crippen molar-refractivity contribution in [3.63, 3.8) is 0 Å². The van der Waals surface area contributed by atoms with E-state index in [-0.39, 0.29) is 0 Å². The predicted octanol–water partition coefficient (Wildman–Crippen LogP) is 2.50. The minimum Gasteiger partial charge on any atom is -0.328 e. The van der Waals surface area contributed by atoms with Gasteiger partial charge in [-0.3, -0.25) is 4.90 Å². The fourth-order valence-electron chi connectivity index (χ4n) is 4.61. The first-order chi connectivity index (χ1) is 9.83. The molecule has 0 amide bonds. The Bertz CT molecular complexity index is 469. The van der Waals surface area contributed by atoms with Gasteiger partial charge in [-0.15, -0.1) is 0 Å². The van der Waals surface area contributed by atoms with Crippen molar-refractivity contribution in [3.05, 3.63) is 18.2 Å². The highest BCUT2D eigenvalue weighted by Gasteiger charge is 2.39. The first kappa shape index (κ1) is 12.8. The Balaban J connectivity index is 1.58. The van der Waals surface area contributed by atoms with Crippen LogP contribution >= 0.6 is 0 Å². The molecular weight excluding hydrogens is 248 g/mol. The van der Waals surface area contributed by atoms with Crippen LogP contribution in [0.3, 0.4) is 0 Å². The summed E-state index contributed by atoms with van der Waals surface area (Å²) in [5.74, 6) is 0. The molecule has 20 heavy (non-hydrogen) atoms. The van der Waals surface area contributed by atoms with Crippen molar-refractivity contribution < 1.29 is 0 Å². The Morgan fingerprint density at radius 2 is 2.05 bits per heavy atom. The van der Waals surface area contributed by atoms with Gasteiger partial charge in [0, 0.05) is 30.9 Å². The maximum atomic E-state index is 4.49. The highest BCUT2D eigenvalue weighted by atomic mass is 15.3. The molecule has 4 rings (SSSR count). The molecule has 3 fully saturated rings. The van der Waals surface area contributed by atoms with Gasteiger partial charge >= 0.3 is 0 Å². The molecule has 0 bridgehead atoms. The van der Waals surface area contributed by atoms with E-state index in [0.717, 1.165) is 6.04 Å². The summed E-state index contributed by atoms with van der Waals surface area (Å²) in [6, 6.07) is 2.58. The molecule has 3 saturated heterocycles. The fourth-order valence-corrected chi connectivity index (χ4v) is 4.61. The minimum atomic E-state index is 0.511. The van der Waals surface area contributed by atoms with Gasteiger partial charge in [0.25, 0.3) is 0 Å². The van der Waals surface area contributed by atoms with Gasteiger partial charge in [0.2, 0.25) is 0 Å². The van der Waals surface area contributed by atoms with Crippen molar-refractivity contribution in [3.8, 4) is 0 Å². The van der Waals surface area contributed by atoms with Crippen molar-refractivity contribution in [1.82, 2.24) is 19.8 Å². The molecule has 4 nitrogen and oxygen atoms in total. The zero-order valence-corrected chi connectivity index (χ0v) is 12.5. The lowest BCUT2D eigenvalue weighted by atomic mass is 9.97. The molecule has 1 N–H and O–H groups in total. The number of nitrogens with zero attached hydrogens (tertiary/aromatic N) is 3. The third-order valence-electron chi connectivity index (χ3n) is 5.60. The molecule has 0 spiro atoms. The van der Waals surface area contributed by atoms with Crippen molar-refractivity contribution in [2.75, 3.05) is 13.1 Å². The number of hydrogen-bond donors (Lipinski definition) is 1. The van der Waals surface area contributed by atoms with Gasteiger partial charge in [0.1, 0.15) is 0 Å². The highest BCUT2D eigenvalue weighted by Crippen LogP contribution is 2.38. The van der Waals surface area contributed by atoms with Gasteiger partial charge in [-0.2, -0.15) is 0 Å². The molecule has 0 radical (unpaired) electrons. The van der Waals surface area contributed by atoms with Crippen LogP contribution < -0.4 is 5.32 Å². The van der Waals surface area contributed by atoms with E-state index in [1.54, 1.807) is 0 Å². The molecule has 4 atom stereocenters. The summed E-state index contributed by atoms with van der Waals surface area (Å²) in [6.45, 7) is 4.90. The third kappa shape index (κ3) is 2.09. The fraction of sp³-hybridized carbons (Fsp3) is 0.812. The van der Waals surface area contributed by atoms with Gasteiger partial charge in [0.15, 0.2) is 0 Å². The summed E-state index contributed by atoms with van der Waals surface area (Å²) < 4.78 is 2.51. The molecule has 0 saturated carbocycles. The van der Waals surface area contributed by atoms with E-state index >= 15 is 0 Å². The van der Waals surface area contributed by atoms with Crippen LogP contribution in [0.2, 0.25) is 0 Å². The number of nitrogens with one attached hydrogen (secondary N) is 1. The van der Waals surface area contributed by atoms with Crippen molar-refractivity contribution in [1.29, 1.82) is 0 Å². The van der Waals surface area contributed by atoms with Crippen LogP contribution in [0.4, 0.5) is 0 Å². The number of hydrogen-bond acceptors (Lipinski definition) is 3. The lowest BCUT2D eigenvalue weighted by Crippen LogP contribution is -2.36. The second-order valence-electron chi connectivity index (χ2n) is 6.88. The zero-order chi connectivity index (χ0) is 13.5. The van der Waals surface area contributed by atoms with Gasteiger partial charge in [-0.25, -0.2) is 4.98 Å². The Morgan fingerprint density at radius 3 is 2.95 bits per heavy atom. The van der Waals surface area contributed by atoms with E-state index in [1.165, 1.54) is 57.3 Å². The van der Waals surface area contributed by atoms with Crippen LogP contribution in [0.15, 0.2) is 12.5 Å². The van der Waals surface area contributed by atoms with Crippen LogP contribution in [-0.2, 0) is 0 Å². The molecular formula is C16H26N4. The maximum absolute atomic E-state index is 4.49. The van der Waals surface area contributed by atoms with Crippen molar-refractivity contribution >= 4 is 0 Å². The van der Waals surface area contributed by atoms with E-state index in [2.05, 4.69) is 39.2 Å². The number of imidazole rings is 1. The summed E-state index contributed by atoms with van der Waals surface area (Å²) in [5, 5.41) is 3.77. The molecule has 0 aliphatic carbocycles. The zero-order valence-electron chi connectivity index (χ0n) is 12.5. The average molecular weight is 274 g/mol. The second kappa shape index (κ2) is 5.15. The van der Waals surface area contributed by atoms with E-state index < -0.39 is 0 Å². The Labute approximate surface area is 121 Å². The Hall–Kier alpha value is -0.870. The van der Waals surface area contributed by atoms with E-state index in [9.17, 15) is 0 Å². The molecule has 1 aromatic rings. The van der Waals surface area contributed by atoms with E-state index in [0.29, 0.717) is 18.1 Å². The third-order valence-corrected chi connectivity index (χ3v) is 5.60. The smallest absolute Gasteiger partial charge is 0.0951 e. The summed E-state index contributed by atoms with van der Waals surface area (Å²) in [5.41, 5.74) is 1.43. The summed E-state index contributed by atoms with van der Waals surface area (Å²) in [7, 11) is 0. The molecule has 4 unspecified atom stereocenters. The van der Waals surface area contributed by atoms with Gasteiger partial charge in [0.05, 0.1) is 18.1 Å². The van der Waals surface area contributed by atoms with Gasteiger partial charge < -0.3 is 9.88 Å². The quantitative estimate of drug-likeness (QED) is 0.899. The van der Waals surface area contributed by atoms with Gasteiger partial charge in [-0.1, -0.05) is 0 Å². The molecule has 4 heterocycles. The number of fused-ring (bicyclic) bond motifs is 1. The van der Waals surface area contributed by atoms with Crippen molar-refractivity contribution in [2.45, 2.75) is 69.6 Å². The Kier molecular flexibility index (Phi) is 3.31. The van der Waals surface area contributed by atoms with Crippen molar-refractivity contribution in [2.24, 2.45) is 0 Å². The van der Waals surface area contributed by atoms with E-state index in [1.807, 2.05) is 0 Å². The lowest BCUT2D eigenvalue weighted by molar-refractivity contribution is 0.277. The first-order valence-electron chi connectivity index (χ1n) is 8.35. The summed E-state index contributed by atoms with van der Waals surface area (Å²) >= 11 is 0. The van der Waals surface area contributed by atoms with Crippen LogP contribution in [0.1, 0.15) is 63.2 Å². The van der Waals surface area contributed by atoms with Gasteiger partial charge in [-0.05, 0) is 52.0 Å². The molecule has 3 aliphatic rings. The number of rotatable bonds is 2. The molecule has 0 aromatic carbocycles. The SMILES string of the molecule is CC1CCCC(c2cncn2C2CCN3CCCC23)N1. The summed E-state index contributed by atoms with van der Waals surface area (Å²) in [4.78, 5) is 7.17. The number of aromatic nitrogens is 2. The Morgan fingerprint density at radius 1 is 1.10 bits per heavy atom. The topological polar surface area (TPSA) is 33.1 Å². The monoisotopic (exact) mass is 274 g/mol. The lowest BCUT2D eigenvalue weighted by Gasteiger charge is -2.31. The second-order valence-corrected chi connectivity index (χ2v) is 6.88. The first-order valence-corrected chi connectivity index (χ1v) is 8.35. The predicted molar refractivity (Wildman–Crippen MR) is 79.7 cm³/mol. The van der Waals surface area contributed by atoms with Crippen LogP contribution in [0.25, 0.3) is 0 Å². The minimum absolute atomic E-state index is 0.511.